The smallest absolute Gasteiger partial charge is 0.326 e. The van der Waals surface area contributed by atoms with E-state index in [0.717, 1.165) is 76.3 Å². The molecule has 2 saturated heterocycles. The van der Waals surface area contributed by atoms with E-state index >= 15 is 0 Å². The van der Waals surface area contributed by atoms with Crippen LogP contribution < -0.4 is 20.9 Å². The zero-order chi connectivity index (χ0) is 41.1. The minimum Gasteiger partial charge on any atom is -0.465 e. The highest BCUT2D eigenvalue weighted by atomic mass is 16.5. The van der Waals surface area contributed by atoms with Crippen molar-refractivity contribution in [1.82, 2.24) is 28.9 Å². The molecular formula is C44H56N8O7. The summed E-state index contributed by atoms with van der Waals surface area (Å²) >= 11 is 0. The van der Waals surface area contributed by atoms with Crippen LogP contribution in [-0.4, -0.2) is 107 Å². The summed E-state index contributed by atoms with van der Waals surface area (Å²) < 4.78 is 18.7. The predicted molar refractivity (Wildman–Crippen MR) is 223 cm³/mol. The van der Waals surface area contributed by atoms with Gasteiger partial charge in [0.15, 0.2) is 0 Å². The summed E-state index contributed by atoms with van der Waals surface area (Å²) in [5, 5.41) is 0. The van der Waals surface area contributed by atoms with E-state index in [4.69, 9.17) is 24.2 Å². The molecule has 314 valence electrons. The van der Waals surface area contributed by atoms with Crippen molar-refractivity contribution in [3.63, 3.8) is 0 Å². The summed E-state index contributed by atoms with van der Waals surface area (Å²) in [6.45, 7) is 12.5. The second-order valence-corrected chi connectivity index (χ2v) is 15.3. The maximum atomic E-state index is 13.4. The Hall–Kier alpha value is -5.38. The summed E-state index contributed by atoms with van der Waals surface area (Å²) in [5.41, 5.74) is 5.29. The first-order valence-electron chi connectivity index (χ1n) is 21.0. The molecule has 0 saturated carbocycles. The van der Waals surface area contributed by atoms with Crippen molar-refractivity contribution in [2.75, 3.05) is 75.5 Å². The van der Waals surface area contributed by atoms with Gasteiger partial charge in [-0.3, -0.25) is 38.1 Å². The third-order valence-corrected chi connectivity index (χ3v) is 11.1. The molecule has 0 spiro atoms. The topological polar surface area (TPSA) is 145 Å². The van der Waals surface area contributed by atoms with Gasteiger partial charge in [-0.25, -0.2) is 9.97 Å². The molecule has 0 aliphatic carbocycles. The fourth-order valence-electron chi connectivity index (χ4n) is 8.19. The van der Waals surface area contributed by atoms with E-state index in [0.29, 0.717) is 69.0 Å². The molecule has 0 radical (unpaired) electrons. The van der Waals surface area contributed by atoms with E-state index in [1.165, 1.54) is 20.3 Å². The number of ether oxygens (including phenoxy) is 3. The van der Waals surface area contributed by atoms with Gasteiger partial charge in [-0.15, -0.1) is 0 Å². The van der Waals surface area contributed by atoms with Crippen molar-refractivity contribution in [2.45, 2.75) is 78.8 Å². The Bertz CT molecular complexity index is 2170. The molecule has 8 rings (SSSR count). The number of benzene rings is 2. The Morgan fingerprint density at radius 1 is 0.610 bits per heavy atom. The van der Waals surface area contributed by atoms with E-state index < -0.39 is 11.9 Å². The van der Waals surface area contributed by atoms with Crippen LogP contribution in [0.3, 0.4) is 0 Å². The van der Waals surface area contributed by atoms with Crippen LogP contribution in [0.4, 0.5) is 11.9 Å². The lowest BCUT2D eigenvalue weighted by atomic mass is 10.1. The minimum atomic E-state index is -0.423. The molecule has 2 aromatic carbocycles. The molecule has 0 N–H and O–H groups in total. The summed E-state index contributed by atoms with van der Waals surface area (Å²) in [6.07, 6.45) is 3.63. The van der Waals surface area contributed by atoms with Crippen LogP contribution >= 0.6 is 0 Å². The number of aromatic nitrogens is 4. The fourth-order valence-corrected chi connectivity index (χ4v) is 8.19. The van der Waals surface area contributed by atoms with Gasteiger partial charge in [-0.1, -0.05) is 60.7 Å². The monoisotopic (exact) mass is 808 g/mol. The van der Waals surface area contributed by atoms with Gasteiger partial charge in [-0.2, -0.15) is 0 Å². The van der Waals surface area contributed by atoms with Gasteiger partial charge in [0, 0.05) is 78.3 Å². The highest BCUT2D eigenvalue weighted by Gasteiger charge is 2.29. The van der Waals surface area contributed by atoms with Crippen molar-refractivity contribution in [2.24, 2.45) is 0 Å². The van der Waals surface area contributed by atoms with Gasteiger partial charge in [-0.05, 0) is 37.8 Å². The van der Waals surface area contributed by atoms with Crippen LogP contribution in [-0.2, 0) is 75.9 Å². The Balaban J connectivity index is 0.000000179. The molecule has 59 heavy (non-hydrogen) atoms. The average Bonchev–Trinajstić information content (AvgIpc) is 3.80. The van der Waals surface area contributed by atoms with Crippen LogP contribution in [0.5, 0.6) is 0 Å². The molecule has 0 amide bonds. The van der Waals surface area contributed by atoms with Gasteiger partial charge in [0.25, 0.3) is 11.1 Å². The van der Waals surface area contributed by atoms with Crippen molar-refractivity contribution >= 4 is 23.8 Å². The number of nitrogens with zero attached hydrogens (tertiary/aromatic N) is 8. The highest BCUT2D eigenvalue weighted by molar-refractivity contribution is 5.70. The Morgan fingerprint density at radius 3 is 1.46 bits per heavy atom. The third kappa shape index (κ3) is 10.4. The average molecular weight is 809 g/mol. The number of carbonyl (C=O) groups excluding carboxylic acids is 2. The standard InChI is InChI=1S/C22H28N4O4.C22H28N4O3/c1-2-30-20(27)16-26-21(28)18-15-24(14-17-6-4-3-5-7-17)9-8-19(18)23-22(26)25-10-12-29-13-11-25;1-2-29-20(27)16-26-21(28)18-15-24(14-17-8-4-3-5-9-17)13-10-19(18)23-22(26)25-11-6-7-12-25/h3-7H,2,8-16H2,1H3;3-5,8-9H,2,6-7,10-16H2,1H3. The number of esters is 2. The number of hydrogen-bond acceptors (Lipinski definition) is 13. The second kappa shape index (κ2) is 20.1. The first kappa shape index (κ1) is 41.8. The van der Waals surface area contributed by atoms with Crippen LogP contribution in [0.2, 0.25) is 0 Å². The molecule has 0 bridgehead atoms. The van der Waals surface area contributed by atoms with E-state index in [1.807, 2.05) is 41.3 Å². The van der Waals surface area contributed by atoms with E-state index in [-0.39, 0.29) is 30.8 Å². The SMILES string of the molecule is CCOC(=O)Cn1c(N2CCCC2)nc2c(c1=O)CN(Cc1ccccc1)CC2.CCOC(=O)Cn1c(N2CCOCC2)nc2c(c1=O)CN(Cc1ccccc1)CC2. The zero-order valence-corrected chi connectivity index (χ0v) is 34.4. The molecule has 2 aromatic heterocycles. The first-order valence-corrected chi connectivity index (χ1v) is 21.0. The van der Waals surface area contributed by atoms with Crippen molar-refractivity contribution in [1.29, 1.82) is 0 Å². The number of anilines is 2. The quantitative estimate of drug-likeness (QED) is 0.194. The molecule has 15 heteroatoms. The van der Waals surface area contributed by atoms with Gasteiger partial charge in [0.1, 0.15) is 13.1 Å². The fraction of sp³-hybridized carbons (Fsp3) is 0.500. The number of hydrogen-bond donors (Lipinski definition) is 0. The number of rotatable bonds is 12. The lowest BCUT2D eigenvalue weighted by Gasteiger charge is -2.33. The van der Waals surface area contributed by atoms with Crippen LogP contribution in [0.1, 0.15) is 60.3 Å². The van der Waals surface area contributed by atoms with Crippen molar-refractivity contribution < 1.29 is 23.8 Å². The van der Waals surface area contributed by atoms with Crippen LogP contribution in [0.15, 0.2) is 70.3 Å². The normalized spacial score (nSPS) is 16.8. The molecule has 0 unspecified atom stereocenters. The zero-order valence-electron chi connectivity index (χ0n) is 34.4. The Labute approximate surface area is 345 Å². The minimum absolute atomic E-state index is 0.0858. The van der Waals surface area contributed by atoms with Gasteiger partial charge in [0.05, 0.1) is 48.9 Å². The molecule has 6 heterocycles. The van der Waals surface area contributed by atoms with Crippen LogP contribution in [0, 0.1) is 0 Å². The molecule has 4 aliphatic rings. The molecule has 15 nitrogen and oxygen atoms in total. The Morgan fingerprint density at radius 2 is 1.03 bits per heavy atom. The Kier molecular flexibility index (Phi) is 14.2. The van der Waals surface area contributed by atoms with E-state index in [9.17, 15) is 19.2 Å². The highest BCUT2D eigenvalue weighted by Crippen LogP contribution is 2.24. The number of morpholine rings is 1. The van der Waals surface area contributed by atoms with E-state index in [1.54, 1.807) is 13.8 Å². The molecular weight excluding hydrogens is 753 g/mol. The van der Waals surface area contributed by atoms with E-state index in [2.05, 4.69) is 39.0 Å². The molecule has 0 atom stereocenters. The van der Waals surface area contributed by atoms with Crippen LogP contribution in [0.25, 0.3) is 0 Å². The second-order valence-electron chi connectivity index (χ2n) is 15.3. The molecule has 2 fully saturated rings. The summed E-state index contributed by atoms with van der Waals surface area (Å²) in [4.78, 5) is 69.6. The molecule has 4 aromatic rings. The van der Waals surface area contributed by atoms with Gasteiger partial charge >= 0.3 is 11.9 Å². The number of carbonyl (C=O) groups is 2. The molecule has 4 aliphatic heterocycles. The van der Waals surface area contributed by atoms with Crippen molar-refractivity contribution in [3.8, 4) is 0 Å². The largest absolute Gasteiger partial charge is 0.465 e. The lowest BCUT2D eigenvalue weighted by molar-refractivity contribution is -0.144. The van der Waals surface area contributed by atoms with Crippen molar-refractivity contribution in [3.05, 3.63) is 115 Å². The predicted octanol–water partition coefficient (Wildman–Crippen LogP) is 3.17. The summed E-state index contributed by atoms with van der Waals surface area (Å²) in [5.74, 6) is 0.351. The number of fused-ring (bicyclic) bond motifs is 2. The maximum absolute atomic E-state index is 13.4. The first-order chi connectivity index (χ1) is 28.8. The van der Waals surface area contributed by atoms with Gasteiger partial charge < -0.3 is 24.0 Å². The summed E-state index contributed by atoms with van der Waals surface area (Å²) in [6, 6.07) is 20.5. The summed E-state index contributed by atoms with van der Waals surface area (Å²) in [7, 11) is 0. The third-order valence-electron chi connectivity index (χ3n) is 11.1. The lowest BCUT2D eigenvalue weighted by Crippen LogP contribution is -2.44. The van der Waals surface area contributed by atoms with Gasteiger partial charge in [0.2, 0.25) is 11.9 Å². The maximum Gasteiger partial charge on any atom is 0.326 e.